The van der Waals surface area contributed by atoms with Crippen molar-refractivity contribution >= 4 is 11.6 Å². The molecule has 5 heteroatoms. The maximum Gasteiger partial charge on any atom is 0.257 e. The lowest BCUT2D eigenvalue weighted by molar-refractivity contribution is 0.0781. The monoisotopic (exact) mass is 272 g/mol. The Balaban J connectivity index is 2.18. The molecule has 2 rings (SSSR count). The maximum atomic E-state index is 12.2. The minimum absolute atomic E-state index is 0.0661. The average molecular weight is 272 g/mol. The minimum Gasteiger partial charge on any atom is -0.508 e. The number of nitrogens with zero attached hydrogens (tertiary/aromatic N) is 1. The van der Waals surface area contributed by atoms with Crippen molar-refractivity contribution in [3.05, 3.63) is 53.6 Å². The zero-order chi connectivity index (χ0) is 14.7. The molecule has 5 nitrogen and oxygen atoms in total. The fourth-order valence-electron chi connectivity index (χ4n) is 1.94. The molecule has 0 unspecified atom stereocenters. The summed E-state index contributed by atoms with van der Waals surface area (Å²) in [6.45, 7) is 0.360. The average Bonchev–Trinajstić information content (AvgIpc) is 2.40. The first-order valence-corrected chi connectivity index (χ1v) is 6.09. The molecule has 20 heavy (non-hydrogen) atoms. The third-order valence-corrected chi connectivity index (χ3v) is 2.93. The molecule has 2 aromatic carbocycles. The van der Waals surface area contributed by atoms with E-state index in [4.69, 9.17) is 5.73 Å². The zero-order valence-electron chi connectivity index (χ0n) is 11.1. The van der Waals surface area contributed by atoms with Gasteiger partial charge in [0.2, 0.25) is 0 Å². The van der Waals surface area contributed by atoms with E-state index < -0.39 is 0 Å². The van der Waals surface area contributed by atoms with E-state index in [2.05, 4.69) is 0 Å². The van der Waals surface area contributed by atoms with Gasteiger partial charge in [-0.25, -0.2) is 0 Å². The molecule has 0 saturated heterocycles. The van der Waals surface area contributed by atoms with Crippen molar-refractivity contribution in [2.24, 2.45) is 0 Å². The molecular formula is C15H16N2O3. The van der Waals surface area contributed by atoms with E-state index in [1.54, 1.807) is 19.2 Å². The van der Waals surface area contributed by atoms with E-state index in [1.807, 2.05) is 12.1 Å². The molecule has 104 valence electrons. The van der Waals surface area contributed by atoms with Crippen LogP contribution in [0.25, 0.3) is 0 Å². The third-order valence-electron chi connectivity index (χ3n) is 2.93. The quantitative estimate of drug-likeness (QED) is 0.588. The van der Waals surface area contributed by atoms with E-state index >= 15 is 0 Å². The number of carbonyl (C=O) groups is 1. The normalized spacial score (nSPS) is 10.2. The highest BCUT2D eigenvalue weighted by molar-refractivity contribution is 5.97. The van der Waals surface area contributed by atoms with Gasteiger partial charge in [0.25, 0.3) is 5.91 Å². The molecular weight excluding hydrogens is 256 g/mol. The van der Waals surface area contributed by atoms with Crippen LogP contribution in [0.2, 0.25) is 0 Å². The fourth-order valence-corrected chi connectivity index (χ4v) is 1.94. The molecule has 4 N–H and O–H groups in total. The largest absolute Gasteiger partial charge is 0.508 e. The fraction of sp³-hybridized carbons (Fsp3) is 0.133. The molecule has 0 aromatic heterocycles. The number of anilines is 1. The van der Waals surface area contributed by atoms with E-state index in [1.165, 1.54) is 23.1 Å². The van der Waals surface area contributed by atoms with E-state index in [-0.39, 0.29) is 23.0 Å². The SMILES string of the molecule is CN(Cc1cccc(N)c1)C(=O)c1cc(O)ccc1O. The van der Waals surface area contributed by atoms with Crippen molar-refractivity contribution < 1.29 is 15.0 Å². The van der Waals surface area contributed by atoms with Crippen molar-refractivity contribution in [1.29, 1.82) is 0 Å². The van der Waals surface area contributed by atoms with Gasteiger partial charge in [-0.1, -0.05) is 12.1 Å². The molecule has 0 spiro atoms. The lowest BCUT2D eigenvalue weighted by Gasteiger charge is -2.18. The number of benzene rings is 2. The Morgan fingerprint density at radius 2 is 1.95 bits per heavy atom. The van der Waals surface area contributed by atoms with Gasteiger partial charge < -0.3 is 20.8 Å². The van der Waals surface area contributed by atoms with Gasteiger partial charge in [0.15, 0.2) is 0 Å². The van der Waals surface area contributed by atoms with Crippen LogP contribution in [0.15, 0.2) is 42.5 Å². The predicted octanol–water partition coefficient (Wildman–Crippen LogP) is 1.95. The third kappa shape index (κ3) is 3.00. The molecule has 0 bridgehead atoms. The van der Waals surface area contributed by atoms with Gasteiger partial charge in [-0.05, 0) is 35.9 Å². The summed E-state index contributed by atoms with van der Waals surface area (Å²) in [7, 11) is 1.62. The van der Waals surface area contributed by atoms with Gasteiger partial charge in [0.1, 0.15) is 11.5 Å². The van der Waals surface area contributed by atoms with Crippen LogP contribution in [0.3, 0.4) is 0 Å². The van der Waals surface area contributed by atoms with Crippen LogP contribution in [0.1, 0.15) is 15.9 Å². The van der Waals surface area contributed by atoms with Crippen LogP contribution in [0, 0.1) is 0 Å². The number of hydrogen-bond donors (Lipinski definition) is 3. The number of nitrogen functional groups attached to an aromatic ring is 1. The number of carbonyl (C=O) groups excluding carboxylic acids is 1. The number of rotatable bonds is 3. The molecule has 0 aliphatic heterocycles. The van der Waals surface area contributed by atoms with Crippen molar-refractivity contribution in [2.75, 3.05) is 12.8 Å². The second-order valence-electron chi connectivity index (χ2n) is 4.61. The molecule has 0 radical (unpaired) electrons. The molecule has 0 heterocycles. The Labute approximate surface area is 116 Å². The first-order chi connectivity index (χ1) is 9.47. The highest BCUT2D eigenvalue weighted by atomic mass is 16.3. The van der Waals surface area contributed by atoms with Crippen LogP contribution in [0.4, 0.5) is 5.69 Å². The van der Waals surface area contributed by atoms with Crippen LogP contribution >= 0.6 is 0 Å². The van der Waals surface area contributed by atoms with Gasteiger partial charge in [-0.2, -0.15) is 0 Å². The smallest absolute Gasteiger partial charge is 0.257 e. The van der Waals surface area contributed by atoms with Crippen molar-refractivity contribution in [1.82, 2.24) is 4.90 Å². The highest BCUT2D eigenvalue weighted by Gasteiger charge is 2.16. The van der Waals surface area contributed by atoms with Crippen molar-refractivity contribution in [3.8, 4) is 11.5 Å². The number of nitrogens with two attached hydrogens (primary N) is 1. The second-order valence-corrected chi connectivity index (χ2v) is 4.61. The summed E-state index contributed by atoms with van der Waals surface area (Å²) < 4.78 is 0. The minimum atomic E-state index is -0.374. The van der Waals surface area contributed by atoms with Gasteiger partial charge in [0, 0.05) is 19.3 Å². The first-order valence-electron chi connectivity index (χ1n) is 6.09. The Morgan fingerprint density at radius 3 is 2.65 bits per heavy atom. The summed E-state index contributed by atoms with van der Waals surface area (Å²) in [5.41, 5.74) is 7.27. The van der Waals surface area contributed by atoms with Crippen molar-refractivity contribution in [2.45, 2.75) is 6.54 Å². The molecule has 1 amide bonds. The zero-order valence-corrected chi connectivity index (χ0v) is 11.1. The van der Waals surface area contributed by atoms with Crippen molar-refractivity contribution in [3.63, 3.8) is 0 Å². The van der Waals surface area contributed by atoms with Gasteiger partial charge in [-0.3, -0.25) is 4.79 Å². The summed E-state index contributed by atoms with van der Waals surface area (Å²) in [6.07, 6.45) is 0. The first kappa shape index (κ1) is 13.7. The second kappa shape index (κ2) is 5.52. The topological polar surface area (TPSA) is 86.8 Å². The Morgan fingerprint density at radius 1 is 1.20 bits per heavy atom. The lowest BCUT2D eigenvalue weighted by Crippen LogP contribution is -2.26. The van der Waals surface area contributed by atoms with Gasteiger partial charge >= 0.3 is 0 Å². The molecule has 0 atom stereocenters. The van der Waals surface area contributed by atoms with Gasteiger partial charge in [0.05, 0.1) is 5.56 Å². The van der Waals surface area contributed by atoms with Crippen LogP contribution in [0.5, 0.6) is 11.5 Å². The predicted molar refractivity (Wildman–Crippen MR) is 76.4 cm³/mol. The lowest BCUT2D eigenvalue weighted by atomic mass is 10.1. The molecule has 0 fully saturated rings. The van der Waals surface area contributed by atoms with E-state index in [9.17, 15) is 15.0 Å². The van der Waals surface area contributed by atoms with E-state index in [0.29, 0.717) is 12.2 Å². The summed E-state index contributed by atoms with van der Waals surface area (Å²) in [5, 5.41) is 19.1. The summed E-state index contributed by atoms with van der Waals surface area (Å²) in [4.78, 5) is 13.7. The number of aromatic hydroxyl groups is 2. The number of phenols is 2. The Kier molecular flexibility index (Phi) is 3.79. The van der Waals surface area contributed by atoms with E-state index in [0.717, 1.165) is 5.56 Å². The highest BCUT2D eigenvalue weighted by Crippen LogP contribution is 2.23. The summed E-state index contributed by atoms with van der Waals surface area (Å²) in [6, 6.07) is 11.1. The number of amides is 1. The molecule has 0 aliphatic carbocycles. The molecule has 0 aliphatic rings. The Bertz CT molecular complexity index is 641. The Hall–Kier alpha value is -2.69. The molecule has 0 saturated carbocycles. The number of phenolic OH excluding ortho intramolecular Hbond substituents is 2. The van der Waals surface area contributed by atoms with Crippen LogP contribution in [-0.2, 0) is 6.54 Å². The number of hydrogen-bond acceptors (Lipinski definition) is 4. The van der Waals surface area contributed by atoms with Gasteiger partial charge in [-0.15, -0.1) is 0 Å². The van der Waals surface area contributed by atoms with Crippen LogP contribution < -0.4 is 5.73 Å². The van der Waals surface area contributed by atoms with Crippen LogP contribution in [-0.4, -0.2) is 28.1 Å². The summed E-state index contributed by atoms with van der Waals surface area (Å²) in [5.74, 6) is -0.600. The molecule has 2 aromatic rings. The maximum absolute atomic E-state index is 12.2. The summed E-state index contributed by atoms with van der Waals surface area (Å²) >= 11 is 0. The standard InChI is InChI=1S/C15H16N2O3/c1-17(9-10-3-2-4-11(16)7-10)15(20)13-8-12(18)5-6-14(13)19/h2-8,18-19H,9,16H2,1H3.